The molecule has 32 heavy (non-hydrogen) atoms. The van der Waals surface area contributed by atoms with Gasteiger partial charge in [-0.1, -0.05) is 42.5 Å². The van der Waals surface area contributed by atoms with Crippen molar-refractivity contribution in [3.8, 4) is 0 Å². The highest BCUT2D eigenvalue weighted by Gasteiger charge is 2.18. The molecule has 1 saturated heterocycles. The smallest absolute Gasteiger partial charge is 0.263 e. The molecule has 0 spiro atoms. The standard InChI is InChI=1S/C23H32N6OS.HI/c1-3-24-23(26-12-11-25-22(30)21-19(2)27-18-31-21)29-16-14-28(15-17-29)13-7-10-20-8-5-4-6-9-20;/h4-10,18H,3,11-17H2,1-2H3,(H,24,26)(H,25,30);1H/b10-7+;. The van der Waals surface area contributed by atoms with Crippen LogP contribution < -0.4 is 10.6 Å². The fourth-order valence-corrected chi connectivity index (χ4v) is 4.12. The summed E-state index contributed by atoms with van der Waals surface area (Å²) in [5, 5.41) is 6.31. The number of halogens is 1. The first-order chi connectivity index (χ1) is 15.2. The quantitative estimate of drug-likeness (QED) is 0.222. The van der Waals surface area contributed by atoms with Gasteiger partial charge in [-0.15, -0.1) is 35.3 Å². The molecule has 0 saturated carbocycles. The van der Waals surface area contributed by atoms with Gasteiger partial charge in [-0.3, -0.25) is 14.7 Å². The van der Waals surface area contributed by atoms with E-state index in [0.29, 0.717) is 18.0 Å². The SMILES string of the molecule is CCNC(=NCCNC(=O)c1scnc1C)N1CCN(C/C=C/c2ccccc2)CC1.I. The molecule has 1 fully saturated rings. The van der Waals surface area contributed by atoms with Gasteiger partial charge in [0.25, 0.3) is 5.91 Å². The van der Waals surface area contributed by atoms with Crippen LogP contribution in [0, 0.1) is 6.92 Å². The summed E-state index contributed by atoms with van der Waals surface area (Å²) in [6.07, 6.45) is 4.41. The van der Waals surface area contributed by atoms with Gasteiger partial charge in [0.1, 0.15) is 4.88 Å². The zero-order valence-corrected chi connectivity index (χ0v) is 21.9. The van der Waals surface area contributed by atoms with Gasteiger partial charge in [-0.05, 0) is 19.4 Å². The summed E-state index contributed by atoms with van der Waals surface area (Å²) in [6, 6.07) is 10.4. The van der Waals surface area contributed by atoms with Crippen LogP contribution in [0.25, 0.3) is 6.08 Å². The molecule has 3 rings (SSSR count). The predicted molar refractivity (Wildman–Crippen MR) is 144 cm³/mol. The Morgan fingerprint density at radius 3 is 2.59 bits per heavy atom. The van der Waals surface area contributed by atoms with E-state index in [1.54, 1.807) is 5.51 Å². The van der Waals surface area contributed by atoms with Gasteiger partial charge in [0.05, 0.1) is 17.7 Å². The molecule has 2 heterocycles. The Kier molecular flexibility index (Phi) is 11.7. The summed E-state index contributed by atoms with van der Waals surface area (Å²) in [5.74, 6) is 0.850. The summed E-state index contributed by atoms with van der Waals surface area (Å²) >= 11 is 1.37. The number of rotatable bonds is 8. The van der Waals surface area contributed by atoms with Crippen molar-refractivity contribution < 1.29 is 4.79 Å². The molecule has 1 amide bonds. The van der Waals surface area contributed by atoms with Gasteiger partial charge in [0.2, 0.25) is 0 Å². The van der Waals surface area contributed by atoms with E-state index >= 15 is 0 Å². The number of guanidine groups is 1. The number of aliphatic imine (C=N–C) groups is 1. The number of hydrogen-bond donors (Lipinski definition) is 2. The Labute approximate surface area is 212 Å². The van der Waals surface area contributed by atoms with Crippen LogP contribution in [0.3, 0.4) is 0 Å². The number of aromatic nitrogens is 1. The summed E-state index contributed by atoms with van der Waals surface area (Å²) < 4.78 is 0. The number of aryl methyl sites for hydroxylation is 1. The topological polar surface area (TPSA) is 72.9 Å². The van der Waals surface area contributed by atoms with Crippen LogP contribution >= 0.6 is 35.3 Å². The Morgan fingerprint density at radius 2 is 1.94 bits per heavy atom. The Morgan fingerprint density at radius 1 is 1.19 bits per heavy atom. The second kappa shape index (κ2) is 14.2. The van der Waals surface area contributed by atoms with Gasteiger partial charge in [-0.2, -0.15) is 0 Å². The van der Waals surface area contributed by atoms with Crippen LogP contribution in [0.1, 0.15) is 27.9 Å². The molecule has 2 aromatic rings. The van der Waals surface area contributed by atoms with Gasteiger partial charge in [-0.25, -0.2) is 4.98 Å². The molecule has 174 valence electrons. The third kappa shape index (κ3) is 8.18. The summed E-state index contributed by atoms with van der Waals surface area (Å²) in [7, 11) is 0. The molecule has 1 aliphatic heterocycles. The maximum Gasteiger partial charge on any atom is 0.263 e. The molecule has 7 nitrogen and oxygen atoms in total. The Hall–Kier alpha value is -1.98. The first kappa shape index (κ1) is 26.3. The molecule has 0 aliphatic carbocycles. The lowest BCUT2D eigenvalue weighted by Gasteiger charge is -2.36. The molecule has 1 aromatic heterocycles. The van der Waals surface area contributed by atoms with E-state index in [2.05, 4.69) is 68.8 Å². The van der Waals surface area contributed by atoms with Crippen molar-refractivity contribution in [2.24, 2.45) is 4.99 Å². The first-order valence-corrected chi connectivity index (χ1v) is 11.7. The van der Waals surface area contributed by atoms with E-state index in [0.717, 1.165) is 50.9 Å². The van der Waals surface area contributed by atoms with Crippen molar-refractivity contribution in [1.82, 2.24) is 25.4 Å². The normalized spacial score (nSPS) is 14.9. The van der Waals surface area contributed by atoms with Crippen molar-refractivity contribution in [2.75, 3.05) is 52.4 Å². The number of amides is 1. The van der Waals surface area contributed by atoms with Crippen LogP contribution in [0.4, 0.5) is 0 Å². The minimum Gasteiger partial charge on any atom is -0.357 e. The lowest BCUT2D eigenvalue weighted by atomic mass is 10.2. The van der Waals surface area contributed by atoms with E-state index in [9.17, 15) is 4.79 Å². The van der Waals surface area contributed by atoms with Crippen molar-refractivity contribution in [3.05, 3.63) is 58.1 Å². The fourth-order valence-electron chi connectivity index (χ4n) is 3.40. The molecule has 0 bridgehead atoms. The fraction of sp³-hybridized carbons (Fsp3) is 0.435. The average Bonchev–Trinajstić information content (AvgIpc) is 3.23. The highest BCUT2D eigenvalue weighted by Crippen LogP contribution is 2.11. The third-order valence-electron chi connectivity index (χ3n) is 5.09. The number of piperazine rings is 1. The van der Waals surface area contributed by atoms with E-state index in [1.165, 1.54) is 16.9 Å². The van der Waals surface area contributed by atoms with Crippen molar-refractivity contribution in [1.29, 1.82) is 0 Å². The van der Waals surface area contributed by atoms with Gasteiger partial charge in [0.15, 0.2) is 5.96 Å². The highest BCUT2D eigenvalue weighted by molar-refractivity contribution is 14.0. The molecule has 2 N–H and O–H groups in total. The van der Waals surface area contributed by atoms with Crippen LogP contribution in [0.2, 0.25) is 0 Å². The molecule has 1 aromatic carbocycles. The minimum absolute atomic E-state index is 0. The molecule has 0 atom stereocenters. The molecule has 0 unspecified atom stereocenters. The Balaban J connectivity index is 0.00000363. The summed E-state index contributed by atoms with van der Waals surface area (Å²) in [5.41, 5.74) is 3.71. The summed E-state index contributed by atoms with van der Waals surface area (Å²) in [6.45, 7) is 10.7. The number of benzene rings is 1. The number of thiazole rings is 1. The monoisotopic (exact) mass is 568 g/mol. The zero-order valence-electron chi connectivity index (χ0n) is 18.8. The van der Waals surface area contributed by atoms with Crippen molar-refractivity contribution in [2.45, 2.75) is 13.8 Å². The van der Waals surface area contributed by atoms with Gasteiger partial charge < -0.3 is 15.5 Å². The number of hydrogen-bond acceptors (Lipinski definition) is 5. The van der Waals surface area contributed by atoms with E-state index in [1.807, 2.05) is 13.0 Å². The lowest BCUT2D eigenvalue weighted by Crippen LogP contribution is -2.52. The van der Waals surface area contributed by atoms with Crippen molar-refractivity contribution >= 4 is 53.3 Å². The zero-order chi connectivity index (χ0) is 21.9. The van der Waals surface area contributed by atoms with Crippen molar-refractivity contribution in [3.63, 3.8) is 0 Å². The number of nitrogens with one attached hydrogen (secondary N) is 2. The molecule has 9 heteroatoms. The molecule has 1 aliphatic rings. The van der Waals surface area contributed by atoms with E-state index in [4.69, 9.17) is 4.99 Å². The van der Waals surface area contributed by atoms with Gasteiger partial charge >= 0.3 is 0 Å². The van der Waals surface area contributed by atoms with Gasteiger partial charge in [0, 0.05) is 45.8 Å². The third-order valence-corrected chi connectivity index (χ3v) is 6.02. The van der Waals surface area contributed by atoms with Crippen LogP contribution in [0.15, 0.2) is 46.9 Å². The average molecular weight is 569 g/mol. The Bertz CT molecular complexity index is 878. The first-order valence-electron chi connectivity index (χ1n) is 10.8. The van der Waals surface area contributed by atoms with Crippen LogP contribution in [0.5, 0.6) is 0 Å². The molecule has 0 radical (unpaired) electrons. The largest absolute Gasteiger partial charge is 0.357 e. The van der Waals surface area contributed by atoms with E-state index in [-0.39, 0.29) is 29.9 Å². The number of carbonyl (C=O) groups excluding carboxylic acids is 1. The molecular formula is C23H33IN6OS. The van der Waals surface area contributed by atoms with Crippen LogP contribution in [-0.4, -0.2) is 79.0 Å². The van der Waals surface area contributed by atoms with E-state index < -0.39 is 0 Å². The minimum atomic E-state index is -0.0719. The van der Waals surface area contributed by atoms with Crippen LogP contribution in [-0.2, 0) is 0 Å². The number of nitrogens with zero attached hydrogens (tertiary/aromatic N) is 4. The molecular weight excluding hydrogens is 535 g/mol. The summed E-state index contributed by atoms with van der Waals surface area (Å²) in [4.78, 5) is 26.5. The maximum atomic E-state index is 12.2. The maximum absolute atomic E-state index is 12.2. The second-order valence-electron chi connectivity index (χ2n) is 7.36. The second-order valence-corrected chi connectivity index (χ2v) is 8.21. The highest BCUT2D eigenvalue weighted by atomic mass is 127. The number of carbonyl (C=O) groups is 1. The predicted octanol–water partition coefficient (Wildman–Crippen LogP) is 3.10. The lowest BCUT2D eigenvalue weighted by molar-refractivity contribution is 0.0958.